The Labute approximate surface area is 120 Å². The van der Waals surface area contributed by atoms with E-state index in [1.165, 1.54) is 18.4 Å². The maximum absolute atomic E-state index is 4.27. The number of aromatic amines is 1. The highest BCUT2D eigenvalue weighted by Crippen LogP contribution is 2.32. The predicted octanol–water partition coefficient (Wildman–Crippen LogP) is 2.34. The van der Waals surface area contributed by atoms with E-state index >= 15 is 0 Å². The van der Waals surface area contributed by atoms with Gasteiger partial charge >= 0.3 is 0 Å². The second-order valence-corrected chi connectivity index (χ2v) is 5.76. The van der Waals surface area contributed by atoms with Gasteiger partial charge in [0.05, 0.1) is 11.9 Å². The van der Waals surface area contributed by atoms with Gasteiger partial charge in [-0.2, -0.15) is 15.4 Å². The van der Waals surface area contributed by atoms with Crippen molar-refractivity contribution in [3.8, 4) is 0 Å². The SMILES string of the molecule is Brc1cncc(C2CCCN2CCc2cn[nH]n2)c1. The van der Waals surface area contributed by atoms with Gasteiger partial charge in [-0.3, -0.25) is 9.88 Å². The molecule has 1 fully saturated rings. The number of halogens is 1. The van der Waals surface area contributed by atoms with E-state index < -0.39 is 0 Å². The van der Waals surface area contributed by atoms with Crippen molar-refractivity contribution < 1.29 is 0 Å². The summed E-state index contributed by atoms with van der Waals surface area (Å²) in [6.07, 6.45) is 9.00. The zero-order chi connectivity index (χ0) is 13.1. The number of rotatable bonds is 4. The largest absolute Gasteiger partial charge is 0.296 e. The first-order chi connectivity index (χ1) is 9.33. The first kappa shape index (κ1) is 12.7. The molecule has 0 bridgehead atoms. The molecule has 3 rings (SSSR count). The lowest BCUT2D eigenvalue weighted by Crippen LogP contribution is -2.25. The Morgan fingerprint density at radius 1 is 1.37 bits per heavy atom. The quantitative estimate of drug-likeness (QED) is 0.939. The van der Waals surface area contributed by atoms with Gasteiger partial charge in [0, 0.05) is 35.9 Å². The highest BCUT2D eigenvalue weighted by atomic mass is 79.9. The molecule has 0 amide bonds. The summed E-state index contributed by atoms with van der Waals surface area (Å²) in [7, 11) is 0. The van der Waals surface area contributed by atoms with Gasteiger partial charge in [-0.15, -0.1) is 0 Å². The van der Waals surface area contributed by atoms with Crippen LogP contribution in [0.3, 0.4) is 0 Å². The molecule has 2 aromatic rings. The average molecular weight is 322 g/mol. The Balaban J connectivity index is 1.67. The van der Waals surface area contributed by atoms with Crippen LogP contribution in [0.15, 0.2) is 29.1 Å². The monoisotopic (exact) mass is 321 g/mol. The summed E-state index contributed by atoms with van der Waals surface area (Å²) >= 11 is 3.50. The first-order valence-electron chi connectivity index (χ1n) is 6.52. The Kier molecular flexibility index (Phi) is 3.89. The molecule has 0 radical (unpaired) electrons. The van der Waals surface area contributed by atoms with E-state index in [4.69, 9.17) is 0 Å². The third-order valence-electron chi connectivity index (χ3n) is 3.59. The van der Waals surface area contributed by atoms with Crippen molar-refractivity contribution in [1.82, 2.24) is 25.3 Å². The van der Waals surface area contributed by atoms with Gasteiger partial charge in [-0.1, -0.05) is 0 Å². The summed E-state index contributed by atoms with van der Waals surface area (Å²) in [4.78, 5) is 6.78. The van der Waals surface area contributed by atoms with E-state index in [1.54, 1.807) is 6.20 Å². The number of likely N-dealkylation sites (tertiary alicyclic amines) is 1. The van der Waals surface area contributed by atoms with Crippen molar-refractivity contribution in [2.45, 2.75) is 25.3 Å². The fourth-order valence-corrected chi connectivity index (χ4v) is 3.07. The average Bonchev–Trinajstić information content (AvgIpc) is 3.08. The predicted molar refractivity (Wildman–Crippen MR) is 75.6 cm³/mol. The van der Waals surface area contributed by atoms with Crippen LogP contribution in [0.25, 0.3) is 0 Å². The van der Waals surface area contributed by atoms with Crippen LogP contribution in [0, 0.1) is 0 Å². The lowest BCUT2D eigenvalue weighted by atomic mass is 10.1. The van der Waals surface area contributed by atoms with Crippen LogP contribution in [-0.4, -0.2) is 38.4 Å². The minimum absolute atomic E-state index is 0.483. The second-order valence-electron chi connectivity index (χ2n) is 4.84. The molecule has 0 aromatic carbocycles. The van der Waals surface area contributed by atoms with Crippen LogP contribution in [0.4, 0.5) is 0 Å². The molecule has 1 N–H and O–H groups in total. The lowest BCUT2D eigenvalue weighted by Gasteiger charge is -2.24. The Bertz CT molecular complexity index is 528. The molecular formula is C13H16BrN5. The first-order valence-corrected chi connectivity index (χ1v) is 7.31. The fraction of sp³-hybridized carbons (Fsp3) is 0.462. The third kappa shape index (κ3) is 3.01. The number of hydrogen-bond acceptors (Lipinski definition) is 4. The van der Waals surface area contributed by atoms with Crippen molar-refractivity contribution in [1.29, 1.82) is 0 Å². The molecule has 100 valence electrons. The number of aromatic nitrogens is 4. The van der Waals surface area contributed by atoms with Crippen LogP contribution < -0.4 is 0 Å². The van der Waals surface area contributed by atoms with Gasteiger partial charge < -0.3 is 0 Å². The summed E-state index contributed by atoms with van der Waals surface area (Å²) < 4.78 is 1.05. The summed E-state index contributed by atoms with van der Waals surface area (Å²) in [5, 5.41) is 10.6. The van der Waals surface area contributed by atoms with Crippen LogP contribution in [-0.2, 0) is 6.42 Å². The Hall–Kier alpha value is -1.27. The van der Waals surface area contributed by atoms with E-state index in [2.05, 4.69) is 47.3 Å². The second kappa shape index (κ2) is 5.79. The minimum atomic E-state index is 0.483. The van der Waals surface area contributed by atoms with Gasteiger partial charge in [0.2, 0.25) is 0 Å². The summed E-state index contributed by atoms with van der Waals surface area (Å²) in [5.41, 5.74) is 2.32. The maximum atomic E-state index is 4.27. The zero-order valence-electron chi connectivity index (χ0n) is 10.6. The summed E-state index contributed by atoms with van der Waals surface area (Å²) in [5.74, 6) is 0. The van der Waals surface area contributed by atoms with Crippen molar-refractivity contribution in [2.24, 2.45) is 0 Å². The molecular weight excluding hydrogens is 306 g/mol. The van der Waals surface area contributed by atoms with Crippen LogP contribution in [0.1, 0.15) is 30.1 Å². The molecule has 1 atom stereocenters. The molecule has 5 nitrogen and oxygen atoms in total. The van der Waals surface area contributed by atoms with Gasteiger partial charge in [-0.05, 0) is 46.9 Å². The molecule has 0 saturated carbocycles. The molecule has 1 aliphatic heterocycles. The molecule has 19 heavy (non-hydrogen) atoms. The molecule has 0 spiro atoms. The molecule has 1 unspecified atom stereocenters. The number of nitrogens with zero attached hydrogens (tertiary/aromatic N) is 4. The van der Waals surface area contributed by atoms with Crippen LogP contribution in [0.2, 0.25) is 0 Å². The molecule has 6 heteroatoms. The van der Waals surface area contributed by atoms with Gasteiger partial charge in [-0.25, -0.2) is 0 Å². The van der Waals surface area contributed by atoms with E-state index in [0.29, 0.717) is 6.04 Å². The number of H-pyrrole nitrogens is 1. The molecule has 2 aromatic heterocycles. The highest BCUT2D eigenvalue weighted by Gasteiger charge is 2.26. The minimum Gasteiger partial charge on any atom is -0.296 e. The summed E-state index contributed by atoms with van der Waals surface area (Å²) in [6, 6.07) is 2.66. The van der Waals surface area contributed by atoms with Gasteiger partial charge in [0.15, 0.2) is 0 Å². The van der Waals surface area contributed by atoms with Crippen molar-refractivity contribution in [3.05, 3.63) is 40.4 Å². The normalized spacial score (nSPS) is 19.9. The Morgan fingerprint density at radius 3 is 3.11 bits per heavy atom. The smallest absolute Gasteiger partial charge is 0.0837 e. The zero-order valence-corrected chi connectivity index (χ0v) is 12.2. The number of pyridine rings is 1. The van der Waals surface area contributed by atoms with Crippen molar-refractivity contribution >= 4 is 15.9 Å². The van der Waals surface area contributed by atoms with E-state index in [9.17, 15) is 0 Å². The van der Waals surface area contributed by atoms with E-state index in [-0.39, 0.29) is 0 Å². The van der Waals surface area contributed by atoms with Gasteiger partial charge in [0.1, 0.15) is 0 Å². The highest BCUT2D eigenvalue weighted by molar-refractivity contribution is 9.10. The lowest BCUT2D eigenvalue weighted by molar-refractivity contribution is 0.259. The number of nitrogens with one attached hydrogen (secondary N) is 1. The van der Waals surface area contributed by atoms with Gasteiger partial charge in [0.25, 0.3) is 0 Å². The van der Waals surface area contributed by atoms with Crippen molar-refractivity contribution in [2.75, 3.05) is 13.1 Å². The summed E-state index contributed by atoms with van der Waals surface area (Å²) in [6.45, 7) is 2.17. The van der Waals surface area contributed by atoms with E-state index in [1.807, 2.05) is 12.4 Å². The third-order valence-corrected chi connectivity index (χ3v) is 4.03. The van der Waals surface area contributed by atoms with Crippen molar-refractivity contribution in [3.63, 3.8) is 0 Å². The maximum Gasteiger partial charge on any atom is 0.0837 e. The standard InChI is InChI=1S/C13H16BrN5/c14-11-6-10(7-15-8-11)13-2-1-4-19(13)5-3-12-9-16-18-17-12/h6-9,13H,1-5H2,(H,16,17,18). The van der Waals surface area contributed by atoms with E-state index in [0.717, 1.165) is 29.7 Å². The molecule has 3 heterocycles. The number of hydrogen-bond donors (Lipinski definition) is 1. The fourth-order valence-electron chi connectivity index (χ4n) is 2.69. The molecule has 1 aliphatic rings. The Morgan fingerprint density at radius 2 is 2.32 bits per heavy atom. The van der Waals surface area contributed by atoms with Crippen LogP contribution in [0.5, 0.6) is 0 Å². The molecule has 1 saturated heterocycles. The van der Waals surface area contributed by atoms with Crippen LogP contribution >= 0.6 is 15.9 Å². The topological polar surface area (TPSA) is 57.7 Å². The molecule has 0 aliphatic carbocycles.